The molecule has 2 saturated carbocycles. The summed E-state index contributed by atoms with van der Waals surface area (Å²) in [6, 6.07) is 19.5. The SMILES string of the molecule is C=C[C@@H]1C[C@@]1(C(=O)NS(=O)(=O)C1CC1)N1C[C@H](Oc2ncc(OC)c3ccc(Cl)cc23)C[C@H]1C(=O)NC(=O)[C@@H](Nc1ccc(C(=O)NC(C)(C)c2ccccc2)cc1)C(C)(C)C. The van der Waals surface area contributed by atoms with Crippen molar-refractivity contribution in [2.24, 2.45) is 11.3 Å². The van der Waals surface area contributed by atoms with Gasteiger partial charge in [0.1, 0.15) is 23.4 Å². The smallest absolute Gasteiger partial charge is 0.254 e. The van der Waals surface area contributed by atoms with Gasteiger partial charge in [-0.1, -0.05) is 68.8 Å². The van der Waals surface area contributed by atoms with Crippen LogP contribution in [-0.2, 0) is 29.9 Å². The number of amides is 4. The molecule has 3 aliphatic rings. The number of benzene rings is 3. The third-order valence-corrected chi connectivity index (χ3v) is 14.0. The molecule has 14 nitrogen and oxygen atoms in total. The van der Waals surface area contributed by atoms with Crippen molar-refractivity contribution in [1.82, 2.24) is 25.2 Å². The van der Waals surface area contributed by atoms with Crippen molar-refractivity contribution in [1.29, 1.82) is 0 Å². The Bertz CT molecular complexity index is 2510. The van der Waals surface area contributed by atoms with Crippen LogP contribution in [0.4, 0.5) is 5.69 Å². The molecule has 0 radical (unpaired) electrons. The molecule has 0 bridgehead atoms. The van der Waals surface area contributed by atoms with Gasteiger partial charge < -0.3 is 20.1 Å². The molecule has 16 heteroatoms. The van der Waals surface area contributed by atoms with Gasteiger partial charge in [-0.2, -0.15) is 0 Å². The van der Waals surface area contributed by atoms with Crippen LogP contribution in [0.1, 0.15) is 76.2 Å². The third-order valence-electron chi connectivity index (χ3n) is 12.0. The maximum atomic E-state index is 14.5. The Balaban J connectivity index is 1.12. The average molecular weight is 885 g/mol. The highest BCUT2D eigenvalue weighted by atomic mass is 35.5. The van der Waals surface area contributed by atoms with E-state index in [0.29, 0.717) is 45.6 Å². The topological polar surface area (TPSA) is 185 Å². The number of nitrogens with zero attached hydrogens (tertiary/aromatic N) is 2. The summed E-state index contributed by atoms with van der Waals surface area (Å²) in [7, 11) is -2.42. The van der Waals surface area contributed by atoms with E-state index in [1.165, 1.54) is 13.3 Å². The van der Waals surface area contributed by atoms with Crippen LogP contribution in [0.2, 0.25) is 5.02 Å². The van der Waals surface area contributed by atoms with Crippen molar-refractivity contribution in [3.8, 4) is 11.6 Å². The average Bonchev–Trinajstić information content (AvgIpc) is 4.16. The molecule has 2 aliphatic carbocycles. The van der Waals surface area contributed by atoms with Crippen LogP contribution in [0.5, 0.6) is 11.6 Å². The lowest BCUT2D eigenvalue weighted by Gasteiger charge is -2.34. The molecule has 3 fully saturated rings. The molecule has 1 aliphatic heterocycles. The fourth-order valence-electron chi connectivity index (χ4n) is 8.23. The maximum Gasteiger partial charge on any atom is 0.254 e. The van der Waals surface area contributed by atoms with E-state index in [-0.39, 0.29) is 31.2 Å². The van der Waals surface area contributed by atoms with Gasteiger partial charge in [0.15, 0.2) is 0 Å². The number of halogens is 1. The molecule has 2 heterocycles. The second kappa shape index (κ2) is 17.0. The van der Waals surface area contributed by atoms with Gasteiger partial charge in [-0.3, -0.25) is 34.1 Å². The van der Waals surface area contributed by atoms with Crippen molar-refractivity contribution in [3.05, 3.63) is 108 Å². The van der Waals surface area contributed by atoms with Crippen LogP contribution in [0.25, 0.3) is 10.8 Å². The minimum absolute atomic E-state index is 0.0205. The molecule has 328 valence electrons. The van der Waals surface area contributed by atoms with Crippen LogP contribution in [0, 0.1) is 11.3 Å². The molecule has 0 unspecified atom stereocenters. The van der Waals surface area contributed by atoms with Gasteiger partial charge in [0, 0.05) is 45.9 Å². The molecule has 1 aromatic heterocycles. The zero-order valence-corrected chi connectivity index (χ0v) is 37.2. The molecule has 3 aromatic carbocycles. The van der Waals surface area contributed by atoms with Crippen LogP contribution < -0.4 is 30.1 Å². The number of carbonyl (C=O) groups is 4. The van der Waals surface area contributed by atoms with Crippen LogP contribution >= 0.6 is 11.6 Å². The number of pyridine rings is 1. The highest BCUT2D eigenvalue weighted by Gasteiger charge is 2.67. The van der Waals surface area contributed by atoms with E-state index in [0.717, 1.165) is 5.56 Å². The molecule has 62 heavy (non-hydrogen) atoms. The normalized spacial score (nSPS) is 22.0. The summed E-state index contributed by atoms with van der Waals surface area (Å²) in [6.45, 7) is 13.3. The Hall–Kier alpha value is -5.51. The Morgan fingerprint density at radius 1 is 0.984 bits per heavy atom. The van der Waals surface area contributed by atoms with Gasteiger partial charge in [-0.05, 0) is 86.6 Å². The number of nitrogens with one attached hydrogen (secondary N) is 4. The standard InChI is InChI=1S/C46H53ClN6O8S/c1-8-28-24-46(28,43(57)52-62(58,59)33-19-20-33)53-26-32(61-42-35-22-30(47)16-21-34(35)37(60-7)25-48-42)23-36(53)40(55)50-41(56)38(44(2,3)4)49-31-17-14-27(15-18-31)39(54)51-45(5,6)29-12-10-9-11-13-29/h8-18,21-22,25,28,32-33,36,38,49H,1,19-20,23-24,26H2,2-7H3,(H,51,54)(H,52,57)(H,50,55,56)/t28-,32-,36+,38-,46-/m1/s1. The molecule has 4 aromatic rings. The number of fused-ring (bicyclic) bond motifs is 1. The number of methoxy groups -OCH3 is 1. The van der Waals surface area contributed by atoms with Crippen molar-refractivity contribution < 1.29 is 37.1 Å². The zero-order chi connectivity index (χ0) is 44.8. The number of anilines is 1. The number of hydrogen-bond acceptors (Lipinski definition) is 11. The van der Waals surface area contributed by atoms with Gasteiger partial charge in [0.05, 0.1) is 30.1 Å². The molecule has 5 atom stereocenters. The van der Waals surface area contributed by atoms with Crippen molar-refractivity contribution in [3.63, 3.8) is 0 Å². The lowest BCUT2D eigenvalue weighted by Crippen LogP contribution is -2.59. The number of carbonyl (C=O) groups excluding carboxylic acids is 4. The molecule has 7 rings (SSSR count). The first-order valence-electron chi connectivity index (χ1n) is 20.6. The van der Waals surface area contributed by atoms with Gasteiger partial charge in [0.2, 0.25) is 27.7 Å². The van der Waals surface area contributed by atoms with E-state index in [9.17, 15) is 27.6 Å². The van der Waals surface area contributed by atoms with Gasteiger partial charge in [-0.25, -0.2) is 13.4 Å². The van der Waals surface area contributed by atoms with E-state index in [2.05, 4.69) is 32.2 Å². The predicted octanol–water partition coefficient (Wildman–Crippen LogP) is 6.11. The summed E-state index contributed by atoms with van der Waals surface area (Å²) in [4.78, 5) is 62.2. The third kappa shape index (κ3) is 9.16. The van der Waals surface area contributed by atoms with E-state index in [4.69, 9.17) is 21.1 Å². The molecule has 4 amide bonds. The number of aromatic nitrogens is 1. The van der Waals surface area contributed by atoms with Crippen LogP contribution in [0.3, 0.4) is 0 Å². The first kappa shape index (κ1) is 44.5. The Kier molecular flexibility index (Phi) is 12.2. The van der Waals surface area contributed by atoms with E-state index >= 15 is 0 Å². The van der Waals surface area contributed by atoms with Gasteiger partial charge in [0.25, 0.3) is 11.8 Å². The summed E-state index contributed by atoms with van der Waals surface area (Å²) >= 11 is 6.38. The Morgan fingerprint density at radius 3 is 2.29 bits per heavy atom. The van der Waals surface area contributed by atoms with Gasteiger partial charge in [-0.15, -0.1) is 6.58 Å². The zero-order valence-electron chi connectivity index (χ0n) is 35.7. The molecular weight excluding hydrogens is 832 g/mol. The van der Waals surface area contributed by atoms with Gasteiger partial charge >= 0.3 is 0 Å². The fraction of sp³-hybridized carbons (Fsp3) is 0.413. The monoisotopic (exact) mass is 884 g/mol. The molecule has 4 N–H and O–H groups in total. The summed E-state index contributed by atoms with van der Waals surface area (Å²) in [5, 5.41) is 9.97. The van der Waals surface area contributed by atoms with Crippen molar-refractivity contribution in [2.75, 3.05) is 19.0 Å². The lowest BCUT2D eigenvalue weighted by atomic mass is 9.85. The number of sulfonamides is 1. The van der Waals surface area contributed by atoms with Crippen LogP contribution in [0.15, 0.2) is 91.6 Å². The quantitative estimate of drug-likeness (QED) is 0.101. The minimum atomic E-state index is -3.94. The second-order valence-electron chi connectivity index (χ2n) is 17.9. The summed E-state index contributed by atoms with van der Waals surface area (Å²) < 4.78 is 40.4. The molecule has 1 saturated heterocycles. The van der Waals surface area contributed by atoms with Crippen molar-refractivity contribution >= 4 is 61.7 Å². The Morgan fingerprint density at radius 2 is 1.68 bits per heavy atom. The number of ether oxygens (including phenoxy) is 2. The number of imide groups is 1. The maximum absolute atomic E-state index is 14.5. The fourth-order valence-corrected chi connectivity index (χ4v) is 9.76. The minimum Gasteiger partial charge on any atom is -0.494 e. The number of rotatable bonds is 15. The first-order valence-corrected chi connectivity index (χ1v) is 22.5. The summed E-state index contributed by atoms with van der Waals surface area (Å²) in [5.41, 5.74) is -0.872. The highest BCUT2D eigenvalue weighted by Crippen LogP contribution is 2.53. The van der Waals surface area contributed by atoms with E-state index < -0.39 is 73.6 Å². The largest absolute Gasteiger partial charge is 0.494 e. The molecule has 0 spiro atoms. The summed E-state index contributed by atoms with van der Waals surface area (Å²) in [5.74, 6) is -2.10. The Labute approximate surface area is 367 Å². The van der Waals surface area contributed by atoms with Crippen molar-refractivity contribution in [2.45, 2.75) is 94.8 Å². The van der Waals surface area contributed by atoms with E-state index in [1.807, 2.05) is 65.0 Å². The molecular formula is C46H53ClN6O8S. The van der Waals surface area contributed by atoms with E-state index in [1.54, 1.807) is 53.4 Å². The van der Waals surface area contributed by atoms with Crippen LogP contribution in [-0.4, -0.2) is 84.6 Å². The lowest BCUT2D eigenvalue weighted by molar-refractivity contribution is -0.136. The first-order chi connectivity index (χ1) is 29.3. The number of likely N-dealkylation sites (tertiary alicyclic amines) is 1. The predicted molar refractivity (Wildman–Crippen MR) is 237 cm³/mol. The second-order valence-corrected chi connectivity index (χ2v) is 20.3. The number of hydrogen-bond donors (Lipinski definition) is 4. The summed E-state index contributed by atoms with van der Waals surface area (Å²) in [6.07, 6.45) is 3.51. The highest BCUT2D eigenvalue weighted by molar-refractivity contribution is 7.91.